The standard InChI is InChI=1S/C23H24F3N3O3/c1-14(15-10-6-5-7-11-15)29(20(32)23(24,25)26)22(19(31)28-21(2,3)4)16-12-8-9-13-17(16)27-18(22)30/h5-14H,1-4H3,(H,27,30)(H,28,31)/t14-,22-/m0/s1. The Morgan fingerprint density at radius 2 is 1.56 bits per heavy atom. The summed E-state index contributed by atoms with van der Waals surface area (Å²) in [7, 11) is 0. The van der Waals surface area contributed by atoms with Crippen molar-refractivity contribution in [3.05, 3.63) is 65.7 Å². The molecule has 1 aliphatic heterocycles. The fourth-order valence-electron chi connectivity index (χ4n) is 3.88. The van der Waals surface area contributed by atoms with Crippen LogP contribution >= 0.6 is 0 Å². The molecule has 2 N–H and O–H groups in total. The molecule has 1 heterocycles. The third kappa shape index (κ3) is 3.94. The fraction of sp³-hybridized carbons (Fsp3) is 0.348. The smallest absolute Gasteiger partial charge is 0.349 e. The minimum absolute atomic E-state index is 0.0212. The minimum Gasteiger partial charge on any atom is -0.349 e. The number of rotatable bonds is 4. The zero-order valence-corrected chi connectivity index (χ0v) is 18.1. The van der Waals surface area contributed by atoms with Crippen molar-refractivity contribution in [1.29, 1.82) is 0 Å². The van der Waals surface area contributed by atoms with Crippen LogP contribution in [0.1, 0.15) is 44.9 Å². The minimum atomic E-state index is -5.32. The van der Waals surface area contributed by atoms with Gasteiger partial charge in [0.25, 0.3) is 11.8 Å². The van der Waals surface area contributed by atoms with Crippen LogP contribution in [0.5, 0.6) is 0 Å². The topological polar surface area (TPSA) is 78.5 Å². The van der Waals surface area contributed by atoms with Crippen molar-refractivity contribution in [3.8, 4) is 0 Å². The average molecular weight is 447 g/mol. The first-order valence-electron chi connectivity index (χ1n) is 9.99. The number of nitrogens with one attached hydrogen (secondary N) is 2. The first kappa shape index (κ1) is 23.3. The van der Waals surface area contributed by atoms with Crippen LogP contribution in [0.25, 0.3) is 0 Å². The van der Waals surface area contributed by atoms with Crippen molar-refractivity contribution in [1.82, 2.24) is 10.2 Å². The summed E-state index contributed by atoms with van der Waals surface area (Å²) in [5.41, 5.74) is -2.96. The SMILES string of the molecule is C[C@@H](c1ccccc1)N(C(=O)C(F)(F)F)[C@]1(C(=O)NC(C)(C)C)C(=O)Nc2ccccc21. The highest BCUT2D eigenvalue weighted by Gasteiger charge is 2.64. The van der Waals surface area contributed by atoms with Gasteiger partial charge in [0.2, 0.25) is 5.54 Å². The van der Waals surface area contributed by atoms with E-state index in [1.807, 2.05) is 0 Å². The molecule has 1 aliphatic rings. The molecule has 0 aromatic heterocycles. The van der Waals surface area contributed by atoms with Crippen LogP contribution < -0.4 is 10.6 Å². The molecule has 2 aromatic carbocycles. The fourth-order valence-corrected chi connectivity index (χ4v) is 3.88. The predicted octanol–water partition coefficient (Wildman–Crippen LogP) is 3.90. The first-order valence-corrected chi connectivity index (χ1v) is 9.99. The molecule has 0 spiro atoms. The number of hydrogen-bond donors (Lipinski definition) is 2. The maximum Gasteiger partial charge on any atom is 0.471 e. The molecule has 0 radical (unpaired) electrons. The van der Waals surface area contributed by atoms with Gasteiger partial charge < -0.3 is 15.5 Å². The lowest BCUT2D eigenvalue weighted by molar-refractivity contribution is -0.197. The summed E-state index contributed by atoms with van der Waals surface area (Å²) in [5.74, 6) is -4.33. The van der Waals surface area contributed by atoms with Crippen molar-refractivity contribution >= 4 is 23.4 Å². The van der Waals surface area contributed by atoms with E-state index in [1.165, 1.54) is 37.3 Å². The number of hydrogen-bond acceptors (Lipinski definition) is 3. The molecule has 32 heavy (non-hydrogen) atoms. The molecule has 3 rings (SSSR count). The summed E-state index contributed by atoms with van der Waals surface area (Å²) in [6, 6.07) is 12.6. The molecule has 6 nitrogen and oxygen atoms in total. The highest BCUT2D eigenvalue weighted by atomic mass is 19.4. The van der Waals surface area contributed by atoms with E-state index >= 15 is 0 Å². The molecule has 0 unspecified atom stereocenters. The molecule has 2 aromatic rings. The van der Waals surface area contributed by atoms with Gasteiger partial charge in [-0.25, -0.2) is 0 Å². The third-order valence-electron chi connectivity index (χ3n) is 5.20. The van der Waals surface area contributed by atoms with E-state index in [9.17, 15) is 27.6 Å². The van der Waals surface area contributed by atoms with Crippen molar-refractivity contribution in [2.24, 2.45) is 0 Å². The number of halogens is 3. The number of amides is 3. The summed E-state index contributed by atoms with van der Waals surface area (Å²) in [6.45, 7) is 6.26. The Morgan fingerprint density at radius 1 is 1.00 bits per heavy atom. The number of benzene rings is 2. The summed E-state index contributed by atoms with van der Waals surface area (Å²) in [4.78, 5) is 40.2. The Hall–Kier alpha value is -3.36. The Kier molecular flexibility index (Phi) is 5.80. The van der Waals surface area contributed by atoms with Crippen molar-refractivity contribution in [2.75, 3.05) is 5.32 Å². The molecule has 0 saturated heterocycles. The number of para-hydroxylation sites is 1. The molecule has 170 valence electrons. The summed E-state index contributed by atoms with van der Waals surface area (Å²) in [6.07, 6.45) is -5.32. The van der Waals surface area contributed by atoms with Crippen LogP contribution in [-0.2, 0) is 19.9 Å². The van der Waals surface area contributed by atoms with Gasteiger partial charge in [0, 0.05) is 16.8 Å². The lowest BCUT2D eigenvalue weighted by atomic mass is 9.84. The predicted molar refractivity (Wildman–Crippen MR) is 112 cm³/mol. The largest absolute Gasteiger partial charge is 0.471 e. The maximum atomic E-state index is 13.8. The average Bonchev–Trinajstić information content (AvgIpc) is 2.99. The van der Waals surface area contributed by atoms with E-state index < -0.39 is 41.0 Å². The second kappa shape index (κ2) is 7.96. The third-order valence-corrected chi connectivity index (χ3v) is 5.20. The Morgan fingerprint density at radius 3 is 2.12 bits per heavy atom. The van der Waals surface area contributed by atoms with Gasteiger partial charge in [-0.05, 0) is 39.3 Å². The number of carbonyl (C=O) groups is 3. The summed E-state index contributed by atoms with van der Waals surface area (Å²) >= 11 is 0. The van der Waals surface area contributed by atoms with Crippen LogP contribution in [-0.4, -0.2) is 34.3 Å². The van der Waals surface area contributed by atoms with E-state index in [1.54, 1.807) is 45.0 Å². The Bertz CT molecular complexity index is 1050. The van der Waals surface area contributed by atoms with Gasteiger partial charge in [-0.15, -0.1) is 0 Å². The van der Waals surface area contributed by atoms with Crippen LogP contribution in [0.3, 0.4) is 0 Å². The van der Waals surface area contributed by atoms with Crippen molar-refractivity contribution in [3.63, 3.8) is 0 Å². The van der Waals surface area contributed by atoms with E-state index in [2.05, 4.69) is 10.6 Å². The zero-order chi connectivity index (χ0) is 23.9. The highest BCUT2D eigenvalue weighted by molar-refractivity contribution is 6.22. The Balaban J connectivity index is 2.34. The van der Waals surface area contributed by atoms with E-state index in [4.69, 9.17) is 0 Å². The quantitative estimate of drug-likeness (QED) is 0.698. The van der Waals surface area contributed by atoms with Gasteiger partial charge in [0.1, 0.15) is 0 Å². The first-order chi connectivity index (χ1) is 14.8. The lowest BCUT2D eigenvalue weighted by Gasteiger charge is -2.43. The molecular formula is C23H24F3N3O3. The second-order valence-electron chi connectivity index (χ2n) is 8.67. The second-order valence-corrected chi connectivity index (χ2v) is 8.67. The van der Waals surface area contributed by atoms with E-state index in [0.29, 0.717) is 10.5 Å². The molecule has 0 bridgehead atoms. The molecule has 3 amide bonds. The zero-order valence-electron chi connectivity index (χ0n) is 18.1. The number of nitrogens with zero attached hydrogens (tertiary/aromatic N) is 1. The molecule has 2 atom stereocenters. The summed E-state index contributed by atoms with van der Waals surface area (Å²) < 4.78 is 41.5. The monoisotopic (exact) mass is 447 g/mol. The van der Waals surface area contributed by atoms with Gasteiger partial charge in [0.15, 0.2) is 0 Å². The van der Waals surface area contributed by atoms with E-state index in [0.717, 1.165) is 0 Å². The summed E-state index contributed by atoms with van der Waals surface area (Å²) in [5, 5.41) is 5.09. The molecule has 0 aliphatic carbocycles. The van der Waals surface area contributed by atoms with Gasteiger partial charge in [-0.2, -0.15) is 13.2 Å². The van der Waals surface area contributed by atoms with Gasteiger partial charge in [0.05, 0.1) is 6.04 Å². The van der Waals surface area contributed by atoms with Crippen molar-refractivity contribution in [2.45, 2.75) is 51.0 Å². The van der Waals surface area contributed by atoms with Gasteiger partial charge in [-0.1, -0.05) is 48.5 Å². The Labute approximate surface area is 183 Å². The van der Waals surface area contributed by atoms with Gasteiger partial charge >= 0.3 is 12.1 Å². The van der Waals surface area contributed by atoms with Crippen LogP contribution in [0.15, 0.2) is 54.6 Å². The normalized spacial score (nSPS) is 19.0. The highest BCUT2D eigenvalue weighted by Crippen LogP contribution is 2.46. The molecular weight excluding hydrogens is 423 g/mol. The van der Waals surface area contributed by atoms with Crippen LogP contribution in [0, 0.1) is 0 Å². The van der Waals surface area contributed by atoms with Crippen LogP contribution in [0.2, 0.25) is 0 Å². The molecule has 0 fully saturated rings. The molecule has 0 saturated carbocycles. The van der Waals surface area contributed by atoms with Crippen molar-refractivity contribution < 1.29 is 27.6 Å². The number of fused-ring (bicyclic) bond motifs is 1. The lowest BCUT2D eigenvalue weighted by Crippen LogP contribution is -2.66. The van der Waals surface area contributed by atoms with Gasteiger partial charge in [-0.3, -0.25) is 14.4 Å². The maximum absolute atomic E-state index is 13.8. The van der Waals surface area contributed by atoms with E-state index in [-0.39, 0.29) is 11.3 Å². The molecule has 9 heteroatoms. The van der Waals surface area contributed by atoms with Crippen LogP contribution in [0.4, 0.5) is 18.9 Å². The number of alkyl halides is 3. The number of anilines is 1. The number of carbonyl (C=O) groups excluding carboxylic acids is 3.